The van der Waals surface area contributed by atoms with Crippen LogP contribution >= 0.6 is 7.82 Å². The number of nitrogens with two attached hydrogens (primary N) is 1. The van der Waals surface area contributed by atoms with Gasteiger partial charge in [-0.2, -0.15) is 0 Å². The first-order chi connectivity index (χ1) is 13.3. The number of phosphoric ester groups is 1. The number of benzene rings is 1. The molecule has 1 aliphatic carbocycles. The highest BCUT2D eigenvalue weighted by molar-refractivity contribution is 7.46. The normalized spacial score (nSPS) is 22.5. The van der Waals surface area contributed by atoms with Gasteiger partial charge in [0.2, 0.25) is 0 Å². The quantitative estimate of drug-likeness (QED) is 0.314. The van der Waals surface area contributed by atoms with Gasteiger partial charge in [0, 0.05) is 5.54 Å². The van der Waals surface area contributed by atoms with Crippen molar-refractivity contribution in [3.8, 4) is 5.75 Å². The van der Waals surface area contributed by atoms with Gasteiger partial charge in [0.25, 0.3) is 0 Å². The molecule has 0 radical (unpaired) electrons. The molecule has 1 saturated carbocycles. The van der Waals surface area contributed by atoms with E-state index >= 15 is 0 Å². The third-order valence-corrected chi connectivity index (χ3v) is 6.00. The van der Waals surface area contributed by atoms with Crippen LogP contribution in [-0.2, 0) is 9.09 Å². The molecule has 0 bridgehead atoms. The summed E-state index contributed by atoms with van der Waals surface area (Å²) in [6.07, 6.45) is 11.1. The number of hydrogen-bond acceptors (Lipinski definition) is 4. The minimum absolute atomic E-state index is 0.118. The summed E-state index contributed by atoms with van der Waals surface area (Å²) in [4.78, 5) is 17.8. The molecule has 1 aromatic carbocycles. The van der Waals surface area contributed by atoms with Crippen molar-refractivity contribution in [1.82, 2.24) is 0 Å². The minimum Gasteiger partial charge on any atom is -0.494 e. The topological polar surface area (TPSA) is 102 Å². The number of unbranched alkanes of at least 4 members (excludes halogenated alkanes) is 6. The average molecular weight is 413 g/mol. The molecule has 6 nitrogen and oxygen atoms in total. The van der Waals surface area contributed by atoms with Crippen LogP contribution in [0.2, 0.25) is 0 Å². The van der Waals surface area contributed by atoms with Gasteiger partial charge < -0.3 is 20.3 Å². The summed E-state index contributed by atoms with van der Waals surface area (Å²) in [7, 11) is -4.48. The highest BCUT2D eigenvalue weighted by Crippen LogP contribution is 2.43. The van der Waals surface area contributed by atoms with Crippen molar-refractivity contribution >= 4 is 7.82 Å². The van der Waals surface area contributed by atoms with Crippen molar-refractivity contribution in [2.75, 3.05) is 13.2 Å². The fourth-order valence-corrected chi connectivity index (χ4v) is 4.30. The van der Waals surface area contributed by atoms with Crippen LogP contribution in [0.15, 0.2) is 24.3 Å². The van der Waals surface area contributed by atoms with Crippen molar-refractivity contribution in [2.24, 2.45) is 5.73 Å². The Hall–Kier alpha value is -0.910. The Labute approximate surface area is 169 Å². The highest BCUT2D eigenvalue weighted by atomic mass is 31.2. The number of phosphoric acid groups is 1. The van der Waals surface area contributed by atoms with E-state index in [0.717, 1.165) is 25.2 Å². The number of hydrogen-bond donors (Lipinski definition) is 3. The lowest BCUT2D eigenvalue weighted by Gasteiger charge is -2.24. The molecule has 2 rings (SSSR count). The molecule has 28 heavy (non-hydrogen) atoms. The summed E-state index contributed by atoms with van der Waals surface area (Å²) < 4.78 is 21.4. The summed E-state index contributed by atoms with van der Waals surface area (Å²) in [6, 6.07) is 8.14. The standard InChI is InChI=1S/C21H36NO5P/c1-2-3-4-5-6-7-8-15-26-20-11-9-18(10-12-20)19-13-14-21(22,16-19)17-27-28(23,24)25/h9-12,19H,2-8,13-17,22H2,1H3,(H2,23,24,25)/t19-,21+/m1/s1. The number of rotatable bonds is 13. The van der Waals surface area contributed by atoms with Gasteiger partial charge in [0.05, 0.1) is 13.2 Å². The zero-order valence-electron chi connectivity index (χ0n) is 17.0. The second kappa shape index (κ2) is 11.3. The van der Waals surface area contributed by atoms with Crippen LogP contribution in [0.1, 0.15) is 82.6 Å². The molecule has 1 aromatic rings. The van der Waals surface area contributed by atoms with Gasteiger partial charge >= 0.3 is 7.82 Å². The summed E-state index contributed by atoms with van der Waals surface area (Å²) in [5.41, 5.74) is 6.77. The molecule has 0 heterocycles. The Balaban J connectivity index is 1.69. The highest BCUT2D eigenvalue weighted by Gasteiger charge is 2.38. The molecule has 2 atom stereocenters. The lowest BCUT2D eigenvalue weighted by Crippen LogP contribution is -2.41. The number of ether oxygens (including phenoxy) is 1. The molecule has 1 aliphatic rings. The van der Waals surface area contributed by atoms with Crippen molar-refractivity contribution in [3.63, 3.8) is 0 Å². The zero-order valence-corrected chi connectivity index (χ0v) is 17.9. The molecule has 0 unspecified atom stereocenters. The van der Waals surface area contributed by atoms with E-state index in [-0.39, 0.29) is 12.5 Å². The van der Waals surface area contributed by atoms with Crippen molar-refractivity contribution in [3.05, 3.63) is 29.8 Å². The van der Waals surface area contributed by atoms with Crippen LogP contribution in [0, 0.1) is 0 Å². The van der Waals surface area contributed by atoms with Gasteiger partial charge in [-0.25, -0.2) is 4.57 Å². The van der Waals surface area contributed by atoms with Gasteiger partial charge in [-0.05, 0) is 49.3 Å². The molecular formula is C21H36NO5P. The predicted molar refractivity (Wildman–Crippen MR) is 111 cm³/mol. The van der Waals surface area contributed by atoms with E-state index in [0.29, 0.717) is 12.8 Å². The maximum Gasteiger partial charge on any atom is 0.469 e. The molecular weight excluding hydrogens is 377 g/mol. The smallest absolute Gasteiger partial charge is 0.469 e. The zero-order chi connectivity index (χ0) is 20.5. The van der Waals surface area contributed by atoms with Gasteiger partial charge in [-0.3, -0.25) is 4.52 Å². The molecule has 0 saturated heterocycles. The van der Waals surface area contributed by atoms with Gasteiger partial charge in [-0.15, -0.1) is 0 Å². The van der Waals surface area contributed by atoms with Crippen molar-refractivity contribution in [2.45, 2.75) is 82.6 Å². The van der Waals surface area contributed by atoms with E-state index in [1.807, 2.05) is 12.1 Å². The molecule has 0 aliphatic heterocycles. The first-order valence-corrected chi connectivity index (χ1v) is 12.1. The van der Waals surface area contributed by atoms with E-state index < -0.39 is 13.4 Å². The second-order valence-corrected chi connectivity index (χ2v) is 9.34. The molecule has 0 spiro atoms. The Bertz CT molecular complexity index is 618. The third-order valence-electron chi connectivity index (χ3n) is 5.53. The van der Waals surface area contributed by atoms with Crippen molar-refractivity contribution < 1.29 is 23.6 Å². The summed E-state index contributed by atoms with van der Waals surface area (Å²) in [5, 5.41) is 0. The minimum atomic E-state index is -4.48. The van der Waals surface area contributed by atoms with Gasteiger partial charge in [-0.1, -0.05) is 57.6 Å². The Kier molecular flexibility index (Phi) is 9.45. The van der Waals surface area contributed by atoms with Gasteiger partial charge in [0.1, 0.15) is 5.75 Å². The monoisotopic (exact) mass is 413 g/mol. The second-order valence-electron chi connectivity index (χ2n) is 8.10. The largest absolute Gasteiger partial charge is 0.494 e. The predicted octanol–water partition coefficient (Wildman–Crippen LogP) is 4.89. The third kappa shape index (κ3) is 8.62. The molecule has 4 N–H and O–H groups in total. The van der Waals surface area contributed by atoms with Crippen LogP contribution in [-0.4, -0.2) is 28.5 Å². The summed E-state index contributed by atoms with van der Waals surface area (Å²) in [6.45, 7) is 2.87. The fourth-order valence-electron chi connectivity index (χ4n) is 3.87. The van der Waals surface area contributed by atoms with Crippen LogP contribution < -0.4 is 10.5 Å². The van der Waals surface area contributed by atoms with Crippen LogP contribution in [0.5, 0.6) is 5.75 Å². The maximum absolute atomic E-state index is 10.9. The Morgan fingerprint density at radius 1 is 1.11 bits per heavy atom. The van der Waals surface area contributed by atoms with Gasteiger partial charge in [0.15, 0.2) is 0 Å². The Morgan fingerprint density at radius 2 is 1.75 bits per heavy atom. The fraction of sp³-hybridized carbons (Fsp3) is 0.714. The molecule has 7 heteroatoms. The van der Waals surface area contributed by atoms with E-state index in [9.17, 15) is 4.57 Å². The first kappa shape index (κ1) is 23.4. The first-order valence-electron chi connectivity index (χ1n) is 10.5. The van der Waals surface area contributed by atoms with E-state index in [4.69, 9.17) is 20.3 Å². The maximum atomic E-state index is 10.9. The molecule has 0 amide bonds. The van der Waals surface area contributed by atoms with Crippen LogP contribution in [0.25, 0.3) is 0 Å². The van der Waals surface area contributed by atoms with Crippen LogP contribution in [0.3, 0.4) is 0 Å². The SMILES string of the molecule is CCCCCCCCCOc1ccc([C@@H]2CC[C@@](N)(COP(=O)(O)O)C2)cc1. The Morgan fingerprint density at radius 3 is 2.39 bits per heavy atom. The summed E-state index contributed by atoms with van der Waals surface area (Å²) >= 11 is 0. The van der Waals surface area contributed by atoms with E-state index in [1.165, 1.54) is 44.1 Å². The molecule has 0 aromatic heterocycles. The van der Waals surface area contributed by atoms with E-state index in [2.05, 4.69) is 23.6 Å². The summed E-state index contributed by atoms with van der Waals surface area (Å²) in [5.74, 6) is 1.17. The van der Waals surface area contributed by atoms with E-state index in [1.54, 1.807) is 0 Å². The van der Waals surface area contributed by atoms with Crippen LogP contribution in [0.4, 0.5) is 0 Å². The average Bonchev–Trinajstić information content (AvgIpc) is 3.05. The van der Waals surface area contributed by atoms with Crippen molar-refractivity contribution in [1.29, 1.82) is 0 Å². The molecule has 160 valence electrons. The lowest BCUT2D eigenvalue weighted by molar-refractivity contribution is 0.153. The lowest BCUT2D eigenvalue weighted by atomic mass is 9.94. The molecule has 1 fully saturated rings.